The number of aryl methyl sites for hydroxylation is 1. The molecule has 0 saturated carbocycles. The highest BCUT2D eigenvalue weighted by Crippen LogP contribution is 2.29. The molecule has 0 aromatic heterocycles. The largest absolute Gasteiger partial charge is 0.497 e. The number of hydrogen-bond acceptors (Lipinski definition) is 4. The van der Waals surface area contributed by atoms with E-state index in [0.717, 1.165) is 17.2 Å². The molecule has 0 amide bonds. The topological polar surface area (TPSA) is 76.1 Å². The SMILES string of the molecule is COc1ccc(N(/C(=C\CCc2ccc(OCc3ccccc3)cc2)C(F)F)S(=O)(=O)O)cc1. The van der Waals surface area contributed by atoms with Gasteiger partial charge in [-0.05, 0) is 60.4 Å². The van der Waals surface area contributed by atoms with Gasteiger partial charge in [-0.25, -0.2) is 13.1 Å². The lowest BCUT2D eigenvalue weighted by molar-refractivity contribution is 0.187. The maximum absolute atomic E-state index is 13.8. The molecule has 0 spiro atoms. The Kier molecular flexibility index (Phi) is 8.61. The van der Waals surface area contributed by atoms with Gasteiger partial charge in [-0.1, -0.05) is 48.5 Å². The Morgan fingerprint density at radius 1 is 0.941 bits per heavy atom. The van der Waals surface area contributed by atoms with Gasteiger partial charge in [0.1, 0.15) is 18.1 Å². The molecule has 3 rings (SSSR count). The van der Waals surface area contributed by atoms with Crippen LogP contribution in [-0.2, 0) is 23.3 Å². The van der Waals surface area contributed by atoms with Gasteiger partial charge in [0.25, 0.3) is 6.43 Å². The number of rotatable bonds is 11. The minimum atomic E-state index is -4.98. The van der Waals surface area contributed by atoms with Crippen molar-refractivity contribution in [1.29, 1.82) is 0 Å². The summed E-state index contributed by atoms with van der Waals surface area (Å²) in [4.78, 5) is 0. The molecule has 0 aliphatic heterocycles. The quantitative estimate of drug-likeness (QED) is 0.352. The van der Waals surface area contributed by atoms with Crippen LogP contribution in [-0.4, -0.2) is 26.5 Å². The van der Waals surface area contributed by atoms with E-state index in [1.807, 2.05) is 42.5 Å². The lowest BCUT2D eigenvalue weighted by Crippen LogP contribution is -2.32. The number of methoxy groups -OCH3 is 1. The molecule has 0 aliphatic rings. The molecule has 3 aromatic rings. The Morgan fingerprint density at radius 3 is 2.12 bits per heavy atom. The zero-order chi connectivity index (χ0) is 24.6. The first-order valence-corrected chi connectivity index (χ1v) is 11.8. The average molecular weight is 490 g/mol. The summed E-state index contributed by atoms with van der Waals surface area (Å²) in [5.41, 5.74) is 0.946. The first kappa shape index (κ1) is 25.2. The fourth-order valence-corrected chi connectivity index (χ4v) is 4.08. The number of allylic oxidation sites excluding steroid dienone is 2. The normalized spacial score (nSPS) is 12.0. The van der Waals surface area contributed by atoms with Crippen molar-refractivity contribution in [3.63, 3.8) is 0 Å². The van der Waals surface area contributed by atoms with E-state index in [0.29, 0.717) is 24.5 Å². The molecule has 0 bridgehead atoms. The smallest absolute Gasteiger partial charge is 0.364 e. The maximum Gasteiger partial charge on any atom is 0.364 e. The van der Waals surface area contributed by atoms with Crippen LogP contribution in [0.15, 0.2) is 90.6 Å². The predicted octanol–water partition coefficient (Wildman–Crippen LogP) is 5.67. The number of halogens is 2. The highest BCUT2D eigenvalue weighted by atomic mass is 32.2. The van der Waals surface area contributed by atoms with E-state index in [4.69, 9.17) is 9.47 Å². The number of nitrogens with zero attached hydrogens (tertiary/aromatic N) is 1. The molecule has 3 aromatic carbocycles. The van der Waals surface area contributed by atoms with Crippen molar-refractivity contribution in [3.8, 4) is 11.5 Å². The Hall–Kier alpha value is -3.43. The van der Waals surface area contributed by atoms with Crippen LogP contribution in [0, 0.1) is 0 Å². The first-order valence-electron chi connectivity index (χ1n) is 10.4. The van der Waals surface area contributed by atoms with Crippen molar-refractivity contribution in [3.05, 3.63) is 102 Å². The second-order valence-electron chi connectivity index (χ2n) is 7.33. The summed E-state index contributed by atoms with van der Waals surface area (Å²) in [6.45, 7) is 0.428. The van der Waals surface area contributed by atoms with Crippen LogP contribution in [0.1, 0.15) is 17.5 Å². The number of benzene rings is 3. The molecule has 6 nitrogen and oxygen atoms in total. The van der Waals surface area contributed by atoms with Gasteiger partial charge in [0.05, 0.1) is 18.5 Å². The second-order valence-corrected chi connectivity index (χ2v) is 8.59. The van der Waals surface area contributed by atoms with Crippen LogP contribution < -0.4 is 13.8 Å². The summed E-state index contributed by atoms with van der Waals surface area (Å²) in [5, 5.41) is 0. The molecule has 0 radical (unpaired) electrons. The zero-order valence-electron chi connectivity index (χ0n) is 18.5. The van der Waals surface area contributed by atoms with Gasteiger partial charge in [0, 0.05) is 0 Å². The molecular formula is C25H25F2NO5S. The molecule has 9 heteroatoms. The Morgan fingerprint density at radius 2 is 1.56 bits per heavy atom. The molecule has 0 saturated heterocycles. The van der Waals surface area contributed by atoms with E-state index in [9.17, 15) is 21.8 Å². The average Bonchev–Trinajstić information content (AvgIpc) is 2.83. The van der Waals surface area contributed by atoms with Crippen molar-refractivity contribution in [2.45, 2.75) is 25.9 Å². The van der Waals surface area contributed by atoms with Gasteiger partial charge >= 0.3 is 10.3 Å². The van der Waals surface area contributed by atoms with Crippen molar-refractivity contribution < 1.29 is 31.2 Å². The van der Waals surface area contributed by atoms with E-state index >= 15 is 0 Å². The van der Waals surface area contributed by atoms with Crippen molar-refractivity contribution in [1.82, 2.24) is 0 Å². The highest BCUT2D eigenvalue weighted by Gasteiger charge is 2.29. The third-order valence-electron chi connectivity index (χ3n) is 4.95. The summed E-state index contributed by atoms with van der Waals surface area (Å²) in [6, 6.07) is 22.3. The van der Waals surface area contributed by atoms with Crippen molar-refractivity contribution >= 4 is 16.0 Å². The van der Waals surface area contributed by atoms with E-state index in [1.165, 1.54) is 31.4 Å². The molecular weight excluding hydrogens is 464 g/mol. The third kappa shape index (κ3) is 7.03. The molecule has 34 heavy (non-hydrogen) atoms. The molecule has 0 unspecified atom stereocenters. The van der Waals surface area contributed by atoms with E-state index in [2.05, 4.69) is 0 Å². The van der Waals surface area contributed by atoms with Crippen LogP contribution in [0.4, 0.5) is 14.5 Å². The number of alkyl halides is 2. The Labute approximate surface area is 197 Å². The van der Waals surface area contributed by atoms with Crippen LogP contribution in [0.5, 0.6) is 11.5 Å². The summed E-state index contributed by atoms with van der Waals surface area (Å²) < 4.78 is 72.0. The lowest BCUT2D eigenvalue weighted by Gasteiger charge is -2.23. The first-order chi connectivity index (χ1) is 16.3. The number of anilines is 1. The van der Waals surface area contributed by atoms with Gasteiger partial charge in [-0.15, -0.1) is 0 Å². The Bertz CT molecular complexity index is 1180. The van der Waals surface area contributed by atoms with Gasteiger partial charge in [-0.3, -0.25) is 4.55 Å². The minimum Gasteiger partial charge on any atom is -0.497 e. The van der Waals surface area contributed by atoms with Gasteiger partial charge in [0.2, 0.25) is 0 Å². The van der Waals surface area contributed by atoms with Gasteiger partial charge < -0.3 is 9.47 Å². The maximum atomic E-state index is 13.8. The number of hydrogen-bond donors (Lipinski definition) is 1. The molecule has 180 valence electrons. The molecule has 0 aliphatic carbocycles. The van der Waals surface area contributed by atoms with Crippen LogP contribution in [0.25, 0.3) is 0 Å². The minimum absolute atomic E-state index is 0.130. The second kappa shape index (κ2) is 11.6. The predicted molar refractivity (Wildman–Crippen MR) is 127 cm³/mol. The van der Waals surface area contributed by atoms with Crippen molar-refractivity contribution in [2.75, 3.05) is 11.4 Å². The Balaban J connectivity index is 1.69. The van der Waals surface area contributed by atoms with Crippen LogP contribution in [0.2, 0.25) is 0 Å². The van der Waals surface area contributed by atoms with Crippen LogP contribution >= 0.6 is 0 Å². The summed E-state index contributed by atoms with van der Waals surface area (Å²) in [7, 11) is -3.57. The van der Waals surface area contributed by atoms with E-state index in [1.54, 1.807) is 12.1 Å². The summed E-state index contributed by atoms with van der Waals surface area (Å²) >= 11 is 0. The molecule has 0 fully saturated rings. The molecule has 0 atom stereocenters. The number of ether oxygens (including phenoxy) is 2. The fourth-order valence-electron chi connectivity index (χ4n) is 3.27. The van der Waals surface area contributed by atoms with E-state index < -0.39 is 22.4 Å². The highest BCUT2D eigenvalue weighted by molar-refractivity contribution is 7.87. The summed E-state index contributed by atoms with van der Waals surface area (Å²) in [6.07, 6.45) is -1.50. The fraction of sp³-hybridized carbons (Fsp3) is 0.200. The monoisotopic (exact) mass is 489 g/mol. The zero-order valence-corrected chi connectivity index (χ0v) is 19.3. The molecule has 0 heterocycles. The lowest BCUT2D eigenvalue weighted by atomic mass is 10.1. The standard InChI is InChI=1S/C25H25F2NO5S/c1-32-22-16-12-21(13-17-22)28(34(29,30)31)24(25(26)27)9-5-8-19-10-14-23(15-11-19)33-18-20-6-3-2-4-7-20/h2-4,6-7,9-17,25H,5,8,18H2,1H3,(H,29,30,31)/b24-9-. The van der Waals surface area contributed by atoms with E-state index in [-0.39, 0.29) is 16.4 Å². The third-order valence-corrected chi connectivity index (χ3v) is 5.84. The van der Waals surface area contributed by atoms with Gasteiger partial charge in [0.15, 0.2) is 0 Å². The van der Waals surface area contributed by atoms with Crippen LogP contribution in [0.3, 0.4) is 0 Å². The van der Waals surface area contributed by atoms with Gasteiger partial charge in [-0.2, -0.15) is 8.42 Å². The summed E-state index contributed by atoms with van der Waals surface area (Å²) in [5.74, 6) is 1.09. The van der Waals surface area contributed by atoms with Crippen molar-refractivity contribution in [2.24, 2.45) is 0 Å². The molecule has 1 N–H and O–H groups in total.